The Morgan fingerprint density at radius 2 is 0.977 bits per heavy atom. The van der Waals surface area contributed by atoms with Crippen molar-refractivity contribution in [2.24, 2.45) is 0 Å². The van der Waals surface area contributed by atoms with Crippen molar-refractivity contribution in [3.05, 3.63) is 133 Å². The Labute approximate surface area is 246 Å². The van der Waals surface area contributed by atoms with Crippen molar-refractivity contribution in [2.45, 2.75) is 9.79 Å². The molecular formula is C35H21N5O2S. The van der Waals surface area contributed by atoms with Crippen LogP contribution in [-0.2, 0) is 9.84 Å². The van der Waals surface area contributed by atoms with E-state index >= 15 is 0 Å². The Kier molecular flexibility index (Phi) is 5.45. The molecule has 0 unspecified atom stereocenters. The van der Waals surface area contributed by atoms with Crippen LogP contribution in [0.3, 0.4) is 0 Å². The number of fused-ring (bicyclic) bond motifs is 7. The van der Waals surface area contributed by atoms with Crippen molar-refractivity contribution >= 4 is 53.7 Å². The van der Waals surface area contributed by atoms with E-state index in [1.54, 1.807) is 12.1 Å². The molecule has 0 saturated heterocycles. The summed E-state index contributed by atoms with van der Waals surface area (Å²) in [7, 11) is -3.77. The summed E-state index contributed by atoms with van der Waals surface area (Å²) in [4.78, 5) is 0.311. The second-order valence-electron chi connectivity index (χ2n) is 10.3. The highest BCUT2D eigenvalue weighted by Gasteiger charge is 2.24. The van der Waals surface area contributed by atoms with Crippen LogP contribution in [0.2, 0.25) is 0 Å². The highest BCUT2D eigenvalue weighted by Crippen LogP contribution is 2.39. The first kappa shape index (κ1) is 25.0. The number of hydrogen-bond donors (Lipinski definition) is 0. The molecule has 0 radical (unpaired) electrons. The molecule has 3 heterocycles. The van der Waals surface area contributed by atoms with Gasteiger partial charge in [0.15, 0.2) is 0 Å². The minimum absolute atomic E-state index is 0.139. The monoisotopic (exact) mass is 575 g/mol. The first-order chi connectivity index (χ1) is 21.1. The van der Waals surface area contributed by atoms with Crippen LogP contribution in [-0.4, -0.2) is 27.7 Å². The molecule has 0 atom stereocenters. The van der Waals surface area contributed by atoms with Gasteiger partial charge in [-0.2, -0.15) is 5.26 Å². The molecule has 3 aromatic heterocycles. The van der Waals surface area contributed by atoms with Gasteiger partial charge >= 0.3 is 0 Å². The molecule has 0 saturated carbocycles. The van der Waals surface area contributed by atoms with Crippen LogP contribution < -0.4 is 0 Å². The van der Waals surface area contributed by atoms with E-state index in [0.29, 0.717) is 5.56 Å². The van der Waals surface area contributed by atoms with E-state index in [0.717, 1.165) is 55.2 Å². The molecule has 8 rings (SSSR count). The van der Waals surface area contributed by atoms with Gasteiger partial charge in [0.25, 0.3) is 0 Å². The number of aromatic nitrogens is 4. The maximum Gasteiger partial charge on any atom is 0.206 e. The minimum Gasteiger partial charge on any atom is -0.306 e. The van der Waals surface area contributed by atoms with Gasteiger partial charge in [-0.15, -0.1) is 10.2 Å². The van der Waals surface area contributed by atoms with E-state index in [-0.39, 0.29) is 9.79 Å². The van der Waals surface area contributed by atoms with Crippen LogP contribution >= 0.6 is 0 Å². The lowest BCUT2D eigenvalue weighted by atomic mass is 10.2. The summed E-state index contributed by atoms with van der Waals surface area (Å²) in [5.74, 6) is 0. The second-order valence-corrected chi connectivity index (χ2v) is 12.2. The molecule has 0 aliphatic rings. The van der Waals surface area contributed by atoms with Crippen molar-refractivity contribution in [1.29, 1.82) is 5.26 Å². The zero-order valence-electron chi connectivity index (χ0n) is 22.6. The van der Waals surface area contributed by atoms with Crippen molar-refractivity contribution in [3.8, 4) is 17.4 Å². The number of rotatable bonds is 4. The van der Waals surface area contributed by atoms with E-state index in [2.05, 4.69) is 33.4 Å². The number of nitriles is 1. The predicted octanol–water partition coefficient (Wildman–Crippen LogP) is 7.38. The molecule has 0 fully saturated rings. The highest BCUT2D eigenvalue weighted by atomic mass is 32.2. The lowest BCUT2D eigenvalue weighted by molar-refractivity contribution is 0.596. The molecule has 43 heavy (non-hydrogen) atoms. The smallest absolute Gasteiger partial charge is 0.206 e. The Hall–Kier alpha value is -5.78. The number of benzene rings is 5. The normalized spacial score (nSPS) is 11.9. The molecular weight excluding hydrogens is 554 g/mol. The van der Waals surface area contributed by atoms with Crippen molar-refractivity contribution in [2.75, 3.05) is 0 Å². The number of para-hydroxylation sites is 3. The van der Waals surface area contributed by atoms with Gasteiger partial charge in [0, 0.05) is 22.1 Å². The van der Waals surface area contributed by atoms with Gasteiger partial charge in [0.2, 0.25) is 9.84 Å². The fourth-order valence-corrected chi connectivity index (χ4v) is 7.18. The molecule has 0 bridgehead atoms. The van der Waals surface area contributed by atoms with Crippen LogP contribution in [0.5, 0.6) is 0 Å². The van der Waals surface area contributed by atoms with Gasteiger partial charge < -0.3 is 9.13 Å². The maximum atomic E-state index is 13.4. The summed E-state index contributed by atoms with van der Waals surface area (Å²) in [5.41, 5.74) is 7.51. The molecule has 7 nitrogen and oxygen atoms in total. The van der Waals surface area contributed by atoms with E-state index in [1.165, 1.54) is 24.3 Å². The van der Waals surface area contributed by atoms with Gasteiger partial charge in [-0.05, 0) is 72.8 Å². The maximum absolute atomic E-state index is 13.4. The third-order valence-corrected chi connectivity index (χ3v) is 9.67. The Balaban J connectivity index is 1.42. The largest absolute Gasteiger partial charge is 0.306 e. The van der Waals surface area contributed by atoms with E-state index in [1.807, 2.05) is 72.8 Å². The van der Waals surface area contributed by atoms with Crippen LogP contribution in [0, 0.1) is 11.3 Å². The lowest BCUT2D eigenvalue weighted by Gasteiger charge is -2.12. The van der Waals surface area contributed by atoms with Crippen molar-refractivity contribution in [1.82, 2.24) is 19.3 Å². The summed E-state index contributed by atoms with van der Waals surface area (Å²) in [6.45, 7) is 0. The average molecular weight is 576 g/mol. The van der Waals surface area contributed by atoms with Gasteiger partial charge in [-0.25, -0.2) is 8.42 Å². The van der Waals surface area contributed by atoms with Crippen molar-refractivity contribution in [3.63, 3.8) is 0 Å². The Bertz CT molecular complexity index is 2510. The molecule has 0 N–H and O–H groups in total. The third kappa shape index (κ3) is 3.69. The fourth-order valence-electron chi connectivity index (χ4n) is 5.92. The Morgan fingerprint density at radius 1 is 0.535 bits per heavy atom. The summed E-state index contributed by atoms with van der Waals surface area (Å²) < 4.78 is 31.2. The number of hydrogen-bond acceptors (Lipinski definition) is 5. The van der Waals surface area contributed by atoms with Gasteiger partial charge in [0.05, 0.1) is 32.5 Å². The molecule has 204 valence electrons. The zero-order valence-corrected chi connectivity index (χ0v) is 23.4. The van der Waals surface area contributed by atoms with E-state index < -0.39 is 9.84 Å². The topological polar surface area (TPSA) is 93.6 Å². The first-order valence-electron chi connectivity index (χ1n) is 13.7. The third-order valence-electron chi connectivity index (χ3n) is 7.88. The quantitative estimate of drug-likeness (QED) is 0.218. The molecule has 0 amide bonds. The van der Waals surface area contributed by atoms with Gasteiger partial charge in [-0.3, -0.25) is 0 Å². The molecule has 0 spiro atoms. The van der Waals surface area contributed by atoms with Crippen LogP contribution in [0.4, 0.5) is 0 Å². The SMILES string of the molecule is N#Cc1ccc(S(=O)(=O)c2ccc(-n3c4ccccc4c4nnc5c6ccccc6n(-c6ccccc6)c5c43)cc2)cc1. The van der Waals surface area contributed by atoms with Gasteiger partial charge in [-0.1, -0.05) is 54.6 Å². The van der Waals surface area contributed by atoms with Gasteiger partial charge in [0.1, 0.15) is 22.1 Å². The molecule has 0 aliphatic carbocycles. The number of nitrogens with zero attached hydrogens (tertiary/aromatic N) is 5. The average Bonchev–Trinajstić information content (AvgIpc) is 3.58. The summed E-state index contributed by atoms with van der Waals surface area (Å²) >= 11 is 0. The summed E-state index contributed by atoms with van der Waals surface area (Å²) in [5, 5.41) is 20.5. The van der Waals surface area contributed by atoms with Crippen molar-refractivity contribution < 1.29 is 8.42 Å². The highest BCUT2D eigenvalue weighted by molar-refractivity contribution is 7.91. The first-order valence-corrected chi connectivity index (χ1v) is 15.1. The molecule has 8 aromatic rings. The lowest BCUT2D eigenvalue weighted by Crippen LogP contribution is -2.03. The summed E-state index contributed by atoms with van der Waals surface area (Å²) in [6.07, 6.45) is 0. The number of sulfone groups is 1. The standard InChI is InChI=1S/C35H21N5O2S/c36-22-23-14-18-26(19-15-23)43(41,42)27-20-16-25(17-21-27)40-31-13-7-5-11-29(31)33-35(40)34-32(37-38-33)28-10-4-6-12-30(28)39(34)24-8-2-1-3-9-24/h1-21H. The predicted molar refractivity (Wildman–Crippen MR) is 167 cm³/mol. The molecule has 5 aromatic carbocycles. The minimum atomic E-state index is -3.77. The van der Waals surface area contributed by atoms with E-state index in [9.17, 15) is 8.42 Å². The molecule has 8 heteroatoms. The van der Waals surface area contributed by atoms with Crippen LogP contribution in [0.25, 0.3) is 55.2 Å². The van der Waals surface area contributed by atoms with Crippen LogP contribution in [0.15, 0.2) is 137 Å². The summed E-state index contributed by atoms with van der Waals surface area (Å²) in [6, 6.07) is 41.3. The fraction of sp³-hybridized carbons (Fsp3) is 0. The zero-order chi connectivity index (χ0) is 29.1. The molecule has 0 aliphatic heterocycles. The van der Waals surface area contributed by atoms with E-state index in [4.69, 9.17) is 15.5 Å². The Morgan fingerprint density at radius 3 is 1.49 bits per heavy atom. The van der Waals surface area contributed by atoms with Crippen LogP contribution in [0.1, 0.15) is 5.56 Å². The second kappa shape index (κ2) is 9.38.